The summed E-state index contributed by atoms with van der Waals surface area (Å²) in [7, 11) is 0. The van der Waals surface area contributed by atoms with Crippen LogP contribution in [0.15, 0.2) is 18.2 Å². The van der Waals surface area contributed by atoms with E-state index in [1.807, 2.05) is 6.92 Å². The number of nitrogens with zero attached hydrogens (tertiary/aromatic N) is 1. The van der Waals surface area contributed by atoms with Gasteiger partial charge in [0, 0.05) is 13.1 Å². The lowest BCUT2D eigenvalue weighted by atomic mass is 9.89. The van der Waals surface area contributed by atoms with Crippen LogP contribution in [0.2, 0.25) is 0 Å². The standard InChI is InChI=1S/C21H32N2O2/c1-4-25-21(24)11-18(16-5-6-16)17-7-8-20(19(22)10-17)23-12-14(2)9-15(3)13-23/h7-8,10,14-16,18H,4-6,9,11-13,22H2,1-3H3. The van der Waals surface area contributed by atoms with E-state index in [4.69, 9.17) is 10.5 Å². The first-order chi connectivity index (χ1) is 12.0. The lowest BCUT2D eigenvalue weighted by Crippen LogP contribution is -2.39. The third kappa shape index (κ3) is 4.47. The van der Waals surface area contributed by atoms with Gasteiger partial charge in [-0.05, 0) is 67.6 Å². The minimum Gasteiger partial charge on any atom is -0.466 e. The lowest BCUT2D eigenvalue weighted by Gasteiger charge is -2.37. The van der Waals surface area contributed by atoms with Crippen LogP contribution in [0.4, 0.5) is 11.4 Å². The molecule has 4 nitrogen and oxygen atoms in total. The second-order valence-electron chi connectivity index (χ2n) is 8.12. The Morgan fingerprint density at radius 3 is 2.52 bits per heavy atom. The summed E-state index contributed by atoms with van der Waals surface area (Å²) in [5.41, 5.74) is 9.61. The zero-order chi connectivity index (χ0) is 18.0. The fraction of sp³-hybridized carbons (Fsp3) is 0.667. The molecule has 3 unspecified atom stereocenters. The Kier molecular flexibility index (Phi) is 5.55. The van der Waals surface area contributed by atoms with Gasteiger partial charge in [0.2, 0.25) is 0 Å². The predicted octanol–water partition coefficient (Wildman–Crippen LogP) is 4.20. The van der Waals surface area contributed by atoms with Gasteiger partial charge in [-0.15, -0.1) is 0 Å². The highest BCUT2D eigenvalue weighted by atomic mass is 16.5. The van der Waals surface area contributed by atoms with E-state index < -0.39 is 0 Å². The molecular formula is C21H32N2O2. The molecule has 0 spiro atoms. The van der Waals surface area contributed by atoms with E-state index in [9.17, 15) is 4.79 Å². The molecule has 1 aliphatic carbocycles. The first kappa shape index (κ1) is 18.1. The molecule has 2 N–H and O–H groups in total. The molecule has 3 rings (SSSR count). The molecule has 1 aliphatic heterocycles. The largest absolute Gasteiger partial charge is 0.466 e. The van der Waals surface area contributed by atoms with Crippen molar-refractivity contribution in [2.24, 2.45) is 17.8 Å². The van der Waals surface area contributed by atoms with Crippen LogP contribution in [0, 0.1) is 17.8 Å². The summed E-state index contributed by atoms with van der Waals surface area (Å²) in [5, 5.41) is 0. The van der Waals surface area contributed by atoms with Crippen molar-refractivity contribution < 1.29 is 9.53 Å². The van der Waals surface area contributed by atoms with Crippen LogP contribution in [0.5, 0.6) is 0 Å². The van der Waals surface area contributed by atoms with Gasteiger partial charge in [-0.2, -0.15) is 0 Å². The lowest BCUT2D eigenvalue weighted by molar-refractivity contribution is -0.143. The van der Waals surface area contributed by atoms with Gasteiger partial charge < -0.3 is 15.4 Å². The molecule has 4 heteroatoms. The van der Waals surface area contributed by atoms with E-state index in [0.29, 0.717) is 30.8 Å². The van der Waals surface area contributed by atoms with Gasteiger partial charge in [0.15, 0.2) is 0 Å². The number of hydrogen-bond donors (Lipinski definition) is 1. The molecule has 2 fully saturated rings. The third-order valence-corrected chi connectivity index (χ3v) is 5.57. The molecule has 1 saturated carbocycles. The van der Waals surface area contributed by atoms with Gasteiger partial charge in [0.05, 0.1) is 24.4 Å². The Hall–Kier alpha value is -1.71. The summed E-state index contributed by atoms with van der Waals surface area (Å²) in [6.45, 7) is 9.08. The molecule has 138 valence electrons. The average molecular weight is 344 g/mol. The average Bonchev–Trinajstić information content (AvgIpc) is 3.36. The smallest absolute Gasteiger partial charge is 0.306 e. The number of nitrogens with two attached hydrogens (primary N) is 1. The van der Waals surface area contributed by atoms with Crippen LogP contribution in [-0.2, 0) is 9.53 Å². The van der Waals surface area contributed by atoms with Gasteiger partial charge in [0.25, 0.3) is 0 Å². The van der Waals surface area contributed by atoms with Crippen molar-refractivity contribution in [3.63, 3.8) is 0 Å². The number of piperidine rings is 1. The van der Waals surface area contributed by atoms with Crippen molar-refractivity contribution in [2.45, 2.75) is 52.4 Å². The monoisotopic (exact) mass is 344 g/mol. The first-order valence-corrected chi connectivity index (χ1v) is 9.77. The Labute approximate surface area is 151 Å². The van der Waals surface area contributed by atoms with Crippen LogP contribution >= 0.6 is 0 Å². The van der Waals surface area contributed by atoms with E-state index in [0.717, 1.165) is 24.5 Å². The second kappa shape index (κ2) is 7.67. The van der Waals surface area contributed by atoms with Crippen LogP contribution in [-0.4, -0.2) is 25.7 Å². The number of carbonyl (C=O) groups excluding carboxylic acids is 1. The number of hydrogen-bond acceptors (Lipinski definition) is 4. The molecule has 0 bridgehead atoms. The minimum atomic E-state index is -0.0965. The van der Waals surface area contributed by atoms with Gasteiger partial charge in [0.1, 0.15) is 0 Å². The minimum absolute atomic E-state index is 0.0965. The SMILES string of the molecule is CCOC(=O)CC(c1ccc(N2CC(C)CC(C)C2)c(N)c1)C1CC1. The van der Waals surface area contributed by atoms with Crippen molar-refractivity contribution in [2.75, 3.05) is 30.3 Å². The van der Waals surface area contributed by atoms with Crippen LogP contribution < -0.4 is 10.6 Å². The summed E-state index contributed by atoms with van der Waals surface area (Å²) in [6.07, 6.45) is 4.16. The first-order valence-electron chi connectivity index (χ1n) is 9.77. The maximum Gasteiger partial charge on any atom is 0.306 e. The number of anilines is 2. The number of esters is 1. The zero-order valence-electron chi connectivity index (χ0n) is 15.8. The second-order valence-corrected chi connectivity index (χ2v) is 8.12. The molecule has 25 heavy (non-hydrogen) atoms. The van der Waals surface area contributed by atoms with E-state index >= 15 is 0 Å². The van der Waals surface area contributed by atoms with E-state index in [1.165, 1.54) is 24.8 Å². The van der Waals surface area contributed by atoms with Crippen LogP contribution in [0.3, 0.4) is 0 Å². The number of benzene rings is 1. The Morgan fingerprint density at radius 2 is 1.96 bits per heavy atom. The molecule has 1 heterocycles. The van der Waals surface area contributed by atoms with Crippen LogP contribution in [0.25, 0.3) is 0 Å². The predicted molar refractivity (Wildman–Crippen MR) is 103 cm³/mol. The highest BCUT2D eigenvalue weighted by molar-refractivity contribution is 5.72. The highest BCUT2D eigenvalue weighted by Gasteiger charge is 2.34. The van der Waals surface area contributed by atoms with Crippen molar-refractivity contribution in [3.05, 3.63) is 23.8 Å². The number of rotatable bonds is 6. The molecule has 1 aromatic carbocycles. The molecule has 1 aromatic rings. The number of carbonyl (C=O) groups is 1. The Balaban J connectivity index is 1.76. The fourth-order valence-electron chi connectivity index (χ4n) is 4.41. The van der Waals surface area contributed by atoms with E-state index in [1.54, 1.807) is 0 Å². The van der Waals surface area contributed by atoms with Crippen molar-refractivity contribution in [1.82, 2.24) is 0 Å². The van der Waals surface area contributed by atoms with Crippen molar-refractivity contribution in [1.29, 1.82) is 0 Å². The van der Waals surface area contributed by atoms with E-state index in [-0.39, 0.29) is 11.9 Å². The van der Waals surface area contributed by atoms with Crippen LogP contribution in [0.1, 0.15) is 57.9 Å². The zero-order valence-corrected chi connectivity index (χ0v) is 15.8. The van der Waals surface area contributed by atoms with E-state index in [2.05, 4.69) is 36.9 Å². The summed E-state index contributed by atoms with van der Waals surface area (Å²) in [4.78, 5) is 14.4. The summed E-state index contributed by atoms with van der Waals surface area (Å²) in [6, 6.07) is 6.44. The van der Waals surface area contributed by atoms with Gasteiger partial charge >= 0.3 is 5.97 Å². The van der Waals surface area contributed by atoms with Gasteiger partial charge in [-0.1, -0.05) is 19.9 Å². The number of nitrogen functional groups attached to an aromatic ring is 1. The molecule has 0 radical (unpaired) electrons. The molecule has 0 aromatic heterocycles. The third-order valence-electron chi connectivity index (χ3n) is 5.57. The van der Waals surface area contributed by atoms with Gasteiger partial charge in [-0.3, -0.25) is 4.79 Å². The Morgan fingerprint density at radius 1 is 1.28 bits per heavy atom. The summed E-state index contributed by atoms with van der Waals surface area (Å²) in [5.74, 6) is 2.15. The van der Waals surface area contributed by atoms with Gasteiger partial charge in [-0.25, -0.2) is 0 Å². The molecular weight excluding hydrogens is 312 g/mol. The molecule has 2 aliphatic rings. The van der Waals surface area contributed by atoms with Crippen molar-refractivity contribution in [3.8, 4) is 0 Å². The summed E-state index contributed by atoms with van der Waals surface area (Å²) < 4.78 is 5.17. The quantitative estimate of drug-likeness (QED) is 0.621. The molecule has 3 atom stereocenters. The maximum absolute atomic E-state index is 12.0. The summed E-state index contributed by atoms with van der Waals surface area (Å²) >= 11 is 0. The molecule has 1 saturated heterocycles. The topological polar surface area (TPSA) is 55.6 Å². The Bertz CT molecular complexity index is 602. The maximum atomic E-state index is 12.0. The normalized spacial score (nSPS) is 24.8. The molecule has 0 amide bonds. The van der Waals surface area contributed by atoms with Crippen molar-refractivity contribution >= 4 is 17.3 Å². The number of ether oxygens (including phenoxy) is 1. The highest BCUT2D eigenvalue weighted by Crippen LogP contribution is 2.45. The fourth-order valence-corrected chi connectivity index (χ4v) is 4.41.